The van der Waals surface area contributed by atoms with Crippen LogP contribution in [0.25, 0.3) is 0 Å². The van der Waals surface area contributed by atoms with Gasteiger partial charge in [0.25, 0.3) is 0 Å². The topological polar surface area (TPSA) is 34.2 Å². The Bertz CT molecular complexity index is 358. The highest BCUT2D eigenvalue weighted by atomic mass is 16.5. The fourth-order valence-corrected chi connectivity index (χ4v) is 2.13. The molecule has 0 amide bonds. The van der Waals surface area contributed by atoms with E-state index in [0.717, 1.165) is 17.9 Å². The van der Waals surface area contributed by atoms with Crippen molar-refractivity contribution in [3.63, 3.8) is 0 Å². The maximum absolute atomic E-state index is 5.32. The van der Waals surface area contributed by atoms with E-state index in [1.54, 1.807) is 13.3 Å². The van der Waals surface area contributed by atoms with Crippen molar-refractivity contribution in [2.45, 2.75) is 46.1 Å². The van der Waals surface area contributed by atoms with Gasteiger partial charge in [0.15, 0.2) is 0 Å². The van der Waals surface area contributed by atoms with Crippen LogP contribution in [-0.2, 0) is 0 Å². The molecule has 102 valence electrons. The Morgan fingerprint density at radius 1 is 1.39 bits per heavy atom. The van der Waals surface area contributed by atoms with Gasteiger partial charge in [0.1, 0.15) is 0 Å². The van der Waals surface area contributed by atoms with Crippen LogP contribution >= 0.6 is 0 Å². The van der Waals surface area contributed by atoms with Crippen LogP contribution in [0.1, 0.15) is 51.6 Å². The van der Waals surface area contributed by atoms with E-state index in [0.29, 0.717) is 11.5 Å². The average molecular weight is 250 g/mol. The second kappa shape index (κ2) is 6.74. The van der Waals surface area contributed by atoms with Crippen molar-refractivity contribution in [1.29, 1.82) is 0 Å². The zero-order valence-electron chi connectivity index (χ0n) is 12.3. The summed E-state index contributed by atoms with van der Waals surface area (Å²) in [5.74, 6) is 0.729. The van der Waals surface area contributed by atoms with Crippen LogP contribution in [0.4, 0.5) is 0 Å². The molecular weight excluding hydrogens is 224 g/mol. The third-order valence-electron chi connectivity index (χ3n) is 3.14. The molecule has 0 radical (unpaired) electrons. The molecule has 3 nitrogen and oxygen atoms in total. The zero-order chi connectivity index (χ0) is 13.6. The summed E-state index contributed by atoms with van der Waals surface area (Å²) in [6.07, 6.45) is 5.31. The van der Waals surface area contributed by atoms with E-state index < -0.39 is 0 Å². The van der Waals surface area contributed by atoms with E-state index in [1.807, 2.05) is 13.1 Å². The summed E-state index contributed by atoms with van der Waals surface area (Å²) >= 11 is 0. The Labute approximate surface area is 111 Å². The quantitative estimate of drug-likeness (QED) is 0.838. The van der Waals surface area contributed by atoms with Crippen LogP contribution in [0, 0.1) is 5.41 Å². The lowest BCUT2D eigenvalue weighted by molar-refractivity contribution is 0.341. The number of nitrogens with one attached hydrogen (secondary N) is 1. The number of hydrogen-bond donors (Lipinski definition) is 1. The van der Waals surface area contributed by atoms with Crippen LogP contribution in [0.2, 0.25) is 0 Å². The number of hydrogen-bond acceptors (Lipinski definition) is 3. The molecule has 0 aliphatic heterocycles. The summed E-state index contributed by atoms with van der Waals surface area (Å²) in [7, 11) is 3.67. The molecule has 3 heteroatoms. The number of methoxy groups -OCH3 is 1. The van der Waals surface area contributed by atoms with Crippen molar-refractivity contribution < 1.29 is 4.74 Å². The second-order valence-electron chi connectivity index (χ2n) is 5.90. The monoisotopic (exact) mass is 250 g/mol. The standard InChI is InChI=1S/C15H26N2O/c1-15(2,3)10-6-9-13(16-4)12-8-7-11-17-14(12)18-5/h7-8,11,13,16H,6,9-10H2,1-5H3. The molecule has 18 heavy (non-hydrogen) atoms. The van der Waals surface area contributed by atoms with Gasteiger partial charge < -0.3 is 10.1 Å². The normalized spacial score (nSPS) is 13.4. The number of aromatic nitrogens is 1. The maximum Gasteiger partial charge on any atom is 0.217 e. The molecule has 0 bridgehead atoms. The van der Waals surface area contributed by atoms with Gasteiger partial charge >= 0.3 is 0 Å². The molecular formula is C15H26N2O. The SMILES string of the molecule is CNC(CCCC(C)(C)C)c1cccnc1OC. The van der Waals surface area contributed by atoms with Gasteiger partial charge in [-0.2, -0.15) is 0 Å². The molecule has 1 N–H and O–H groups in total. The highest BCUT2D eigenvalue weighted by molar-refractivity contribution is 5.28. The molecule has 1 aromatic heterocycles. The van der Waals surface area contributed by atoms with Gasteiger partial charge in [-0.15, -0.1) is 0 Å². The molecule has 1 heterocycles. The Morgan fingerprint density at radius 2 is 2.11 bits per heavy atom. The van der Waals surface area contributed by atoms with Crippen LogP contribution < -0.4 is 10.1 Å². The van der Waals surface area contributed by atoms with Crippen molar-refractivity contribution in [2.24, 2.45) is 5.41 Å². The van der Waals surface area contributed by atoms with E-state index >= 15 is 0 Å². The van der Waals surface area contributed by atoms with E-state index in [9.17, 15) is 0 Å². The van der Waals surface area contributed by atoms with Gasteiger partial charge in [0, 0.05) is 17.8 Å². The fraction of sp³-hybridized carbons (Fsp3) is 0.667. The molecule has 0 fully saturated rings. The Morgan fingerprint density at radius 3 is 2.67 bits per heavy atom. The molecule has 1 unspecified atom stereocenters. The van der Waals surface area contributed by atoms with Gasteiger partial charge in [0.2, 0.25) is 5.88 Å². The largest absolute Gasteiger partial charge is 0.481 e. The molecule has 1 rings (SSSR count). The molecule has 0 saturated heterocycles. The van der Waals surface area contributed by atoms with Gasteiger partial charge in [-0.3, -0.25) is 0 Å². The first-order chi connectivity index (χ1) is 8.48. The molecule has 0 aliphatic carbocycles. The lowest BCUT2D eigenvalue weighted by atomic mass is 9.88. The molecule has 0 aliphatic rings. The number of ether oxygens (including phenoxy) is 1. The smallest absolute Gasteiger partial charge is 0.217 e. The summed E-state index contributed by atoms with van der Waals surface area (Å²) in [6, 6.07) is 4.37. The molecule has 0 aromatic carbocycles. The lowest BCUT2D eigenvalue weighted by Crippen LogP contribution is -2.18. The third kappa shape index (κ3) is 4.65. The van der Waals surface area contributed by atoms with Crippen molar-refractivity contribution in [3.8, 4) is 5.88 Å². The summed E-state index contributed by atoms with van der Waals surface area (Å²) in [4.78, 5) is 4.26. The van der Waals surface area contributed by atoms with Crippen LogP contribution in [-0.4, -0.2) is 19.1 Å². The van der Waals surface area contributed by atoms with E-state index in [4.69, 9.17) is 4.74 Å². The lowest BCUT2D eigenvalue weighted by Gasteiger charge is -2.22. The van der Waals surface area contributed by atoms with Crippen molar-refractivity contribution >= 4 is 0 Å². The maximum atomic E-state index is 5.32. The first-order valence-corrected chi connectivity index (χ1v) is 6.64. The van der Waals surface area contributed by atoms with E-state index in [2.05, 4.69) is 37.1 Å². The predicted molar refractivity (Wildman–Crippen MR) is 75.9 cm³/mol. The number of nitrogens with zero attached hydrogens (tertiary/aromatic N) is 1. The van der Waals surface area contributed by atoms with Crippen LogP contribution in [0.3, 0.4) is 0 Å². The minimum Gasteiger partial charge on any atom is -0.481 e. The van der Waals surface area contributed by atoms with Crippen LogP contribution in [0.15, 0.2) is 18.3 Å². The summed E-state index contributed by atoms with van der Waals surface area (Å²) in [5.41, 5.74) is 1.55. The van der Waals surface area contributed by atoms with Crippen molar-refractivity contribution in [3.05, 3.63) is 23.9 Å². The van der Waals surface area contributed by atoms with Gasteiger partial charge in [-0.05, 0) is 31.4 Å². The molecule has 1 aromatic rings. The van der Waals surface area contributed by atoms with E-state index in [1.165, 1.54) is 12.8 Å². The molecule has 0 spiro atoms. The highest BCUT2D eigenvalue weighted by Crippen LogP contribution is 2.29. The van der Waals surface area contributed by atoms with Gasteiger partial charge in [-0.25, -0.2) is 4.98 Å². The Hall–Kier alpha value is -1.09. The fourth-order valence-electron chi connectivity index (χ4n) is 2.13. The molecule has 1 atom stereocenters. The van der Waals surface area contributed by atoms with Crippen molar-refractivity contribution in [2.75, 3.05) is 14.2 Å². The zero-order valence-corrected chi connectivity index (χ0v) is 12.3. The van der Waals surface area contributed by atoms with Crippen molar-refractivity contribution in [1.82, 2.24) is 10.3 Å². The number of rotatable bonds is 6. The highest BCUT2D eigenvalue weighted by Gasteiger charge is 2.16. The Balaban J connectivity index is 2.65. The summed E-state index contributed by atoms with van der Waals surface area (Å²) in [6.45, 7) is 6.85. The minimum absolute atomic E-state index is 0.316. The van der Waals surface area contributed by atoms with E-state index in [-0.39, 0.29) is 0 Å². The summed E-state index contributed by atoms with van der Waals surface area (Å²) < 4.78 is 5.32. The minimum atomic E-state index is 0.316. The Kier molecular flexibility index (Phi) is 5.60. The van der Waals surface area contributed by atoms with Crippen LogP contribution in [0.5, 0.6) is 5.88 Å². The predicted octanol–water partition coefficient (Wildman–Crippen LogP) is 3.57. The van der Waals surface area contributed by atoms with Gasteiger partial charge in [0.05, 0.1) is 7.11 Å². The average Bonchev–Trinajstić information content (AvgIpc) is 2.33. The third-order valence-corrected chi connectivity index (χ3v) is 3.14. The number of pyridine rings is 1. The molecule has 0 saturated carbocycles. The summed E-state index contributed by atoms with van der Waals surface area (Å²) in [5, 5.41) is 3.36. The first-order valence-electron chi connectivity index (χ1n) is 6.64. The van der Waals surface area contributed by atoms with Gasteiger partial charge in [-0.1, -0.05) is 33.3 Å². The first kappa shape index (κ1) is 15.0. The second-order valence-corrected chi connectivity index (χ2v) is 5.90.